The Labute approximate surface area is 144 Å². The molecule has 5 heteroatoms. The number of piperazine rings is 1. The third-order valence-corrected chi connectivity index (χ3v) is 5.88. The molecule has 2 saturated heterocycles. The zero-order valence-corrected chi connectivity index (χ0v) is 14.9. The molecule has 0 saturated carbocycles. The van der Waals surface area contributed by atoms with Crippen molar-refractivity contribution in [1.82, 2.24) is 9.80 Å². The molecule has 0 amide bonds. The predicted octanol–water partition coefficient (Wildman–Crippen LogP) is 2.59. The molecule has 2 heterocycles. The first kappa shape index (κ1) is 16.9. The van der Waals surface area contributed by atoms with Crippen molar-refractivity contribution in [2.45, 2.75) is 18.9 Å². The summed E-state index contributed by atoms with van der Waals surface area (Å²) in [5.74, 6) is 4.43. The minimum Gasteiger partial charge on any atom is -0.497 e. The van der Waals surface area contributed by atoms with Crippen LogP contribution >= 0.6 is 11.8 Å². The number of rotatable bonds is 6. The van der Waals surface area contributed by atoms with Gasteiger partial charge in [-0.3, -0.25) is 9.80 Å². The third-order valence-electron chi connectivity index (χ3n) is 4.83. The van der Waals surface area contributed by atoms with Crippen LogP contribution in [0.2, 0.25) is 0 Å². The number of methoxy groups -OCH3 is 1. The Hall–Kier alpha value is -0.910. The van der Waals surface area contributed by atoms with E-state index < -0.39 is 0 Å². The lowest BCUT2D eigenvalue weighted by atomic mass is 10.1. The molecule has 4 nitrogen and oxygen atoms in total. The van der Waals surface area contributed by atoms with Crippen LogP contribution in [0.4, 0.5) is 0 Å². The highest BCUT2D eigenvalue weighted by Gasteiger charge is 2.24. The van der Waals surface area contributed by atoms with Crippen LogP contribution in [0.1, 0.15) is 12.8 Å². The average molecular weight is 337 g/mol. The van der Waals surface area contributed by atoms with Crippen LogP contribution < -0.4 is 9.47 Å². The van der Waals surface area contributed by atoms with E-state index in [1.165, 1.54) is 50.5 Å². The fourth-order valence-electron chi connectivity index (χ4n) is 3.39. The summed E-state index contributed by atoms with van der Waals surface area (Å²) in [6.45, 7) is 6.53. The molecule has 128 valence electrons. The molecule has 2 aliphatic heterocycles. The second-order valence-electron chi connectivity index (χ2n) is 6.25. The summed E-state index contributed by atoms with van der Waals surface area (Å²) >= 11 is 2.11. The van der Waals surface area contributed by atoms with Crippen molar-refractivity contribution in [3.8, 4) is 11.5 Å². The first-order valence-electron chi connectivity index (χ1n) is 8.66. The molecule has 2 aliphatic rings. The first-order chi connectivity index (χ1) is 11.3. The lowest BCUT2D eigenvalue weighted by Crippen LogP contribution is -2.51. The van der Waals surface area contributed by atoms with Gasteiger partial charge >= 0.3 is 0 Å². The van der Waals surface area contributed by atoms with Crippen LogP contribution in [-0.4, -0.2) is 73.8 Å². The number of benzene rings is 1. The highest BCUT2D eigenvalue weighted by atomic mass is 32.2. The van der Waals surface area contributed by atoms with Gasteiger partial charge in [0.1, 0.15) is 18.1 Å². The Morgan fingerprint density at radius 3 is 2.57 bits per heavy atom. The van der Waals surface area contributed by atoms with Gasteiger partial charge in [0.2, 0.25) is 0 Å². The maximum Gasteiger partial charge on any atom is 0.123 e. The van der Waals surface area contributed by atoms with Gasteiger partial charge in [-0.25, -0.2) is 0 Å². The molecule has 0 radical (unpaired) electrons. The van der Waals surface area contributed by atoms with E-state index in [1.54, 1.807) is 7.11 Å². The topological polar surface area (TPSA) is 24.9 Å². The molecule has 0 aliphatic carbocycles. The highest BCUT2D eigenvalue weighted by molar-refractivity contribution is 7.99. The Morgan fingerprint density at radius 2 is 1.83 bits per heavy atom. The molecule has 0 aromatic heterocycles. The van der Waals surface area contributed by atoms with Crippen LogP contribution in [0.3, 0.4) is 0 Å². The van der Waals surface area contributed by atoms with E-state index in [2.05, 4.69) is 21.6 Å². The SMILES string of the molecule is COc1cccc(OCCN2CCN(C3CCSCC3)CC2)c1. The molecule has 0 bridgehead atoms. The Bertz CT molecular complexity index is 472. The monoisotopic (exact) mass is 336 g/mol. The van der Waals surface area contributed by atoms with Gasteiger partial charge in [0.05, 0.1) is 7.11 Å². The van der Waals surface area contributed by atoms with Gasteiger partial charge < -0.3 is 9.47 Å². The quantitative estimate of drug-likeness (QED) is 0.795. The van der Waals surface area contributed by atoms with Crippen LogP contribution in [-0.2, 0) is 0 Å². The molecule has 0 unspecified atom stereocenters. The van der Waals surface area contributed by atoms with E-state index in [-0.39, 0.29) is 0 Å². The molecule has 0 N–H and O–H groups in total. The minimum atomic E-state index is 0.743. The number of hydrogen-bond donors (Lipinski definition) is 0. The van der Waals surface area contributed by atoms with E-state index in [0.29, 0.717) is 0 Å². The predicted molar refractivity (Wildman–Crippen MR) is 96.8 cm³/mol. The second-order valence-corrected chi connectivity index (χ2v) is 7.47. The lowest BCUT2D eigenvalue weighted by molar-refractivity contribution is 0.0830. The Kier molecular flexibility index (Phi) is 6.48. The summed E-state index contributed by atoms with van der Waals surface area (Å²) in [6.07, 6.45) is 2.76. The van der Waals surface area contributed by atoms with Gasteiger partial charge in [0.25, 0.3) is 0 Å². The lowest BCUT2D eigenvalue weighted by Gasteiger charge is -2.40. The van der Waals surface area contributed by atoms with Gasteiger partial charge in [-0.15, -0.1) is 0 Å². The summed E-state index contributed by atoms with van der Waals surface area (Å²) in [4.78, 5) is 5.23. The number of ether oxygens (including phenoxy) is 2. The van der Waals surface area contributed by atoms with Gasteiger partial charge in [-0.1, -0.05) is 6.07 Å². The van der Waals surface area contributed by atoms with E-state index in [9.17, 15) is 0 Å². The second kappa shape index (κ2) is 8.81. The molecule has 2 fully saturated rings. The van der Waals surface area contributed by atoms with E-state index in [0.717, 1.165) is 30.7 Å². The maximum atomic E-state index is 5.86. The number of thioether (sulfide) groups is 1. The first-order valence-corrected chi connectivity index (χ1v) is 9.81. The molecule has 23 heavy (non-hydrogen) atoms. The summed E-state index contributed by atoms with van der Waals surface area (Å²) in [5.41, 5.74) is 0. The fraction of sp³-hybridized carbons (Fsp3) is 0.667. The van der Waals surface area contributed by atoms with Gasteiger partial charge in [0, 0.05) is 44.8 Å². The van der Waals surface area contributed by atoms with Gasteiger partial charge in [-0.2, -0.15) is 11.8 Å². The van der Waals surface area contributed by atoms with Crippen molar-refractivity contribution >= 4 is 11.8 Å². The summed E-state index contributed by atoms with van der Waals surface area (Å²) < 4.78 is 11.1. The van der Waals surface area contributed by atoms with Gasteiger partial charge in [-0.05, 0) is 36.5 Å². The molecule has 1 aromatic rings. The largest absolute Gasteiger partial charge is 0.497 e. The average Bonchev–Trinajstić information content (AvgIpc) is 2.63. The van der Waals surface area contributed by atoms with Crippen molar-refractivity contribution in [2.24, 2.45) is 0 Å². The van der Waals surface area contributed by atoms with Crippen LogP contribution in [0.5, 0.6) is 11.5 Å². The van der Waals surface area contributed by atoms with Crippen molar-refractivity contribution in [3.63, 3.8) is 0 Å². The summed E-state index contributed by atoms with van der Waals surface area (Å²) in [6, 6.07) is 8.68. The van der Waals surface area contributed by atoms with Crippen LogP contribution in [0.15, 0.2) is 24.3 Å². The molecule has 0 spiro atoms. The van der Waals surface area contributed by atoms with E-state index in [4.69, 9.17) is 9.47 Å². The van der Waals surface area contributed by atoms with Crippen molar-refractivity contribution < 1.29 is 9.47 Å². The van der Waals surface area contributed by atoms with Crippen LogP contribution in [0.25, 0.3) is 0 Å². The summed E-state index contributed by atoms with van der Waals surface area (Å²) in [7, 11) is 1.68. The van der Waals surface area contributed by atoms with E-state index >= 15 is 0 Å². The fourth-order valence-corrected chi connectivity index (χ4v) is 4.47. The molecule has 0 atom stereocenters. The van der Waals surface area contributed by atoms with Crippen molar-refractivity contribution in [2.75, 3.05) is 57.9 Å². The minimum absolute atomic E-state index is 0.743. The zero-order chi connectivity index (χ0) is 15.9. The zero-order valence-electron chi connectivity index (χ0n) is 14.1. The normalized spacial score (nSPS) is 21.3. The van der Waals surface area contributed by atoms with Gasteiger partial charge in [0.15, 0.2) is 0 Å². The molecule has 3 rings (SSSR count). The molecular formula is C18H28N2O2S. The molecular weight excluding hydrogens is 308 g/mol. The Balaban J connectivity index is 1.35. The van der Waals surface area contributed by atoms with Crippen molar-refractivity contribution in [1.29, 1.82) is 0 Å². The molecule has 1 aromatic carbocycles. The van der Waals surface area contributed by atoms with E-state index in [1.807, 2.05) is 24.3 Å². The standard InChI is InChI=1S/C18H28N2O2S/c1-21-17-3-2-4-18(15-17)22-12-11-19-7-9-20(10-8-19)16-5-13-23-14-6-16/h2-4,15-16H,5-14H2,1H3. The number of nitrogens with zero attached hydrogens (tertiary/aromatic N) is 2. The smallest absolute Gasteiger partial charge is 0.123 e. The third kappa shape index (κ3) is 5.03. The highest BCUT2D eigenvalue weighted by Crippen LogP contribution is 2.23. The number of hydrogen-bond acceptors (Lipinski definition) is 5. The maximum absolute atomic E-state index is 5.86. The summed E-state index contributed by atoms with van der Waals surface area (Å²) in [5, 5.41) is 0. The van der Waals surface area contributed by atoms with Crippen molar-refractivity contribution in [3.05, 3.63) is 24.3 Å². The Morgan fingerprint density at radius 1 is 1.09 bits per heavy atom. The van der Waals surface area contributed by atoms with Crippen LogP contribution in [0, 0.1) is 0 Å².